The third-order valence-electron chi connectivity index (χ3n) is 2.55. The van der Waals surface area contributed by atoms with Crippen LogP contribution in [0.25, 0.3) is 0 Å². The third-order valence-corrected chi connectivity index (χ3v) is 3.52. The monoisotopic (exact) mass is 328 g/mol. The SMILES string of the molecule is Cc1ccc(Cl)cc1OCc1ccc(F)cc1Br. The second-order valence-corrected chi connectivity index (χ2v) is 5.22. The smallest absolute Gasteiger partial charge is 0.124 e. The minimum absolute atomic E-state index is 0.274. The Bertz CT molecular complexity index is 572. The van der Waals surface area contributed by atoms with Crippen LogP contribution in [0.5, 0.6) is 5.75 Å². The fraction of sp³-hybridized carbons (Fsp3) is 0.143. The van der Waals surface area contributed by atoms with Crippen LogP contribution >= 0.6 is 27.5 Å². The van der Waals surface area contributed by atoms with E-state index < -0.39 is 0 Å². The van der Waals surface area contributed by atoms with Crippen LogP contribution in [0.4, 0.5) is 4.39 Å². The van der Waals surface area contributed by atoms with E-state index >= 15 is 0 Å². The molecule has 0 aromatic heterocycles. The summed E-state index contributed by atoms with van der Waals surface area (Å²) in [5.74, 6) is 0.461. The summed E-state index contributed by atoms with van der Waals surface area (Å²) in [6.07, 6.45) is 0. The molecule has 4 heteroatoms. The van der Waals surface area contributed by atoms with Gasteiger partial charge in [-0.15, -0.1) is 0 Å². The molecule has 0 aliphatic carbocycles. The largest absolute Gasteiger partial charge is 0.489 e. The van der Waals surface area contributed by atoms with Gasteiger partial charge in [0, 0.05) is 15.1 Å². The second-order valence-electron chi connectivity index (χ2n) is 3.93. The Morgan fingerprint density at radius 3 is 2.72 bits per heavy atom. The number of aryl methyl sites for hydroxylation is 1. The standard InChI is InChI=1S/C14H11BrClFO/c1-9-2-4-11(16)6-14(9)18-8-10-3-5-12(17)7-13(10)15/h2-7H,8H2,1H3. The van der Waals surface area contributed by atoms with Gasteiger partial charge in [-0.3, -0.25) is 0 Å². The van der Waals surface area contributed by atoms with Crippen molar-refractivity contribution in [3.05, 3.63) is 62.8 Å². The summed E-state index contributed by atoms with van der Waals surface area (Å²) >= 11 is 9.22. The Balaban J connectivity index is 2.13. The van der Waals surface area contributed by atoms with E-state index in [0.29, 0.717) is 16.1 Å². The lowest BCUT2D eigenvalue weighted by Gasteiger charge is -2.10. The van der Waals surface area contributed by atoms with Gasteiger partial charge in [0.2, 0.25) is 0 Å². The van der Waals surface area contributed by atoms with Crippen molar-refractivity contribution in [2.75, 3.05) is 0 Å². The zero-order chi connectivity index (χ0) is 13.1. The Kier molecular flexibility index (Phi) is 4.25. The number of halogens is 3. The van der Waals surface area contributed by atoms with Crippen LogP contribution in [0, 0.1) is 12.7 Å². The van der Waals surface area contributed by atoms with Gasteiger partial charge in [-0.05, 0) is 36.8 Å². The lowest BCUT2D eigenvalue weighted by atomic mass is 10.2. The average molecular weight is 330 g/mol. The number of hydrogen-bond donors (Lipinski definition) is 0. The van der Waals surface area contributed by atoms with Crippen LogP contribution in [-0.2, 0) is 6.61 Å². The predicted molar refractivity (Wildman–Crippen MR) is 74.6 cm³/mol. The van der Waals surface area contributed by atoms with E-state index in [4.69, 9.17) is 16.3 Å². The van der Waals surface area contributed by atoms with E-state index in [9.17, 15) is 4.39 Å². The van der Waals surface area contributed by atoms with Gasteiger partial charge in [-0.1, -0.05) is 39.7 Å². The molecule has 0 fully saturated rings. The summed E-state index contributed by atoms with van der Waals surface area (Å²) in [5.41, 5.74) is 1.90. The fourth-order valence-electron chi connectivity index (χ4n) is 1.52. The Labute approximate surface area is 119 Å². The molecule has 0 saturated heterocycles. The van der Waals surface area contributed by atoms with E-state index in [1.807, 2.05) is 19.1 Å². The molecule has 0 N–H and O–H groups in total. The maximum absolute atomic E-state index is 12.9. The first-order valence-corrected chi connectivity index (χ1v) is 6.56. The van der Waals surface area contributed by atoms with Gasteiger partial charge < -0.3 is 4.74 Å². The topological polar surface area (TPSA) is 9.23 Å². The third kappa shape index (κ3) is 3.24. The summed E-state index contributed by atoms with van der Waals surface area (Å²) in [4.78, 5) is 0. The lowest BCUT2D eigenvalue weighted by Crippen LogP contribution is -1.98. The number of benzene rings is 2. The number of ether oxygens (including phenoxy) is 1. The summed E-state index contributed by atoms with van der Waals surface area (Å²) < 4.78 is 19.3. The maximum atomic E-state index is 12.9. The molecule has 18 heavy (non-hydrogen) atoms. The van der Waals surface area contributed by atoms with Gasteiger partial charge >= 0.3 is 0 Å². The van der Waals surface area contributed by atoms with Gasteiger partial charge in [0.1, 0.15) is 18.2 Å². The summed E-state index contributed by atoms with van der Waals surface area (Å²) in [6, 6.07) is 10.0. The van der Waals surface area contributed by atoms with Crippen LogP contribution < -0.4 is 4.74 Å². The van der Waals surface area contributed by atoms with Crippen molar-refractivity contribution in [1.29, 1.82) is 0 Å². The molecule has 0 spiro atoms. The highest BCUT2D eigenvalue weighted by atomic mass is 79.9. The molecule has 0 aliphatic rings. The van der Waals surface area contributed by atoms with E-state index in [2.05, 4.69) is 15.9 Å². The molecular weight excluding hydrogens is 319 g/mol. The van der Waals surface area contributed by atoms with E-state index in [-0.39, 0.29) is 5.82 Å². The van der Waals surface area contributed by atoms with Gasteiger partial charge in [-0.2, -0.15) is 0 Å². The van der Waals surface area contributed by atoms with Gasteiger partial charge in [0.15, 0.2) is 0 Å². The van der Waals surface area contributed by atoms with Crippen molar-refractivity contribution in [1.82, 2.24) is 0 Å². The van der Waals surface area contributed by atoms with Crippen LogP contribution in [0.2, 0.25) is 5.02 Å². The first-order chi connectivity index (χ1) is 8.56. The first kappa shape index (κ1) is 13.4. The van der Waals surface area contributed by atoms with E-state index in [1.54, 1.807) is 12.1 Å². The molecule has 0 unspecified atom stereocenters. The number of rotatable bonds is 3. The molecular formula is C14H11BrClFO. The van der Waals surface area contributed by atoms with Crippen molar-refractivity contribution in [3.8, 4) is 5.75 Å². The zero-order valence-electron chi connectivity index (χ0n) is 9.71. The Morgan fingerprint density at radius 2 is 2.00 bits per heavy atom. The van der Waals surface area contributed by atoms with Crippen LogP contribution in [0.15, 0.2) is 40.9 Å². The Morgan fingerprint density at radius 1 is 1.22 bits per heavy atom. The van der Waals surface area contributed by atoms with Crippen molar-refractivity contribution in [3.63, 3.8) is 0 Å². The van der Waals surface area contributed by atoms with Crippen molar-refractivity contribution in [2.24, 2.45) is 0 Å². The minimum Gasteiger partial charge on any atom is -0.489 e. The van der Waals surface area contributed by atoms with Crippen molar-refractivity contribution in [2.45, 2.75) is 13.5 Å². The van der Waals surface area contributed by atoms with Crippen LogP contribution in [0.1, 0.15) is 11.1 Å². The minimum atomic E-state index is -0.274. The Hall–Kier alpha value is -1.06. The van der Waals surface area contributed by atoms with Gasteiger partial charge in [0.25, 0.3) is 0 Å². The summed E-state index contributed by atoms with van der Waals surface area (Å²) in [5, 5.41) is 0.633. The lowest BCUT2D eigenvalue weighted by molar-refractivity contribution is 0.303. The molecule has 2 rings (SSSR count). The highest BCUT2D eigenvalue weighted by molar-refractivity contribution is 9.10. The summed E-state index contributed by atoms with van der Waals surface area (Å²) in [7, 11) is 0. The van der Waals surface area contributed by atoms with Crippen molar-refractivity contribution < 1.29 is 9.13 Å². The molecule has 94 valence electrons. The second kappa shape index (κ2) is 5.72. The molecule has 0 heterocycles. The number of hydrogen-bond acceptors (Lipinski definition) is 1. The molecule has 0 amide bonds. The van der Waals surface area contributed by atoms with E-state index in [0.717, 1.165) is 16.9 Å². The van der Waals surface area contributed by atoms with Gasteiger partial charge in [-0.25, -0.2) is 4.39 Å². The predicted octanol–water partition coefficient (Wildman–Crippen LogP) is 5.13. The quantitative estimate of drug-likeness (QED) is 0.758. The normalized spacial score (nSPS) is 10.4. The molecule has 0 bridgehead atoms. The van der Waals surface area contributed by atoms with Crippen LogP contribution in [0.3, 0.4) is 0 Å². The molecule has 0 radical (unpaired) electrons. The average Bonchev–Trinajstić information content (AvgIpc) is 2.32. The maximum Gasteiger partial charge on any atom is 0.124 e. The first-order valence-electron chi connectivity index (χ1n) is 5.39. The van der Waals surface area contributed by atoms with E-state index in [1.165, 1.54) is 12.1 Å². The molecule has 0 saturated carbocycles. The van der Waals surface area contributed by atoms with Crippen LogP contribution in [-0.4, -0.2) is 0 Å². The summed E-state index contributed by atoms with van der Waals surface area (Å²) in [6.45, 7) is 2.31. The molecule has 1 nitrogen and oxygen atoms in total. The molecule has 0 atom stereocenters. The molecule has 2 aromatic carbocycles. The highest BCUT2D eigenvalue weighted by Gasteiger charge is 2.05. The zero-order valence-corrected chi connectivity index (χ0v) is 12.1. The van der Waals surface area contributed by atoms with Crippen molar-refractivity contribution >= 4 is 27.5 Å². The fourth-order valence-corrected chi connectivity index (χ4v) is 2.15. The molecule has 0 aliphatic heterocycles. The molecule has 2 aromatic rings. The van der Waals surface area contributed by atoms with Gasteiger partial charge in [0.05, 0.1) is 0 Å². The highest BCUT2D eigenvalue weighted by Crippen LogP contribution is 2.25.